The summed E-state index contributed by atoms with van der Waals surface area (Å²) in [6, 6.07) is 13.4. The van der Waals surface area contributed by atoms with Crippen LogP contribution in [0.25, 0.3) is 5.69 Å². The number of hydrogen-bond donors (Lipinski definition) is 1. The third-order valence-corrected chi connectivity index (χ3v) is 11.0. The number of rotatable bonds is 11. The number of methoxy groups -OCH3 is 1. The van der Waals surface area contributed by atoms with E-state index >= 15 is 4.39 Å². The molecule has 0 radical (unpaired) electrons. The fourth-order valence-corrected chi connectivity index (χ4v) is 7.77. The van der Waals surface area contributed by atoms with E-state index in [-0.39, 0.29) is 32.4 Å². The normalized spacial score (nSPS) is 17.6. The van der Waals surface area contributed by atoms with Gasteiger partial charge >= 0.3 is 18.1 Å². The SMILES string of the molecule is COc1cc(C(C)(C)c2cnc(SCc3c(F)cc(C(=O)NC4CC[N+](C)(CC(=O)OC(=O)C(F)(F)F)CC4)cc3Cl)n2-c2ccc(F)cc2)ccc1Cl. The number of alkyl halides is 3. The van der Waals surface area contributed by atoms with E-state index in [9.17, 15) is 31.9 Å². The third kappa shape index (κ3) is 9.36. The highest BCUT2D eigenvalue weighted by molar-refractivity contribution is 7.98. The van der Waals surface area contributed by atoms with Crippen LogP contribution in [0.3, 0.4) is 0 Å². The van der Waals surface area contributed by atoms with Gasteiger partial charge in [-0.2, -0.15) is 13.2 Å². The quantitative estimate of drug-likeness (QED) is 0.0538. The highest BCUT2D eigenvalue weighted by atomic mass is 35.5. The Kier molecular flexibility index (Phi) is 12.4. The van der Waals surface area contributed by atoms with Crippen LogP contribution in [0.5, 0.6) is 5.75 Å². The Balaban J connectivity index is 1.28. The number of nitrogens with zero attached hydrogens (tertiary/aromatic N) is 3. The molecular formula is C37H36Cl2F5N4O5S+. The summed E-state index contributed by atoms with van der Waals surface area (Å²) in [6.45, 7) is 4.13. The molecule has 0 bridgehead atoms. The van der Waals surface area contributed by atoms with Crippen molar-refractivity contribution >= 4 is 52.8 Å². The van der Waals surface area contributed by atoms with Crippen LogP contribution in [-0.4, -0.2) is 77.9 Å². The van der Waals surface area contributed by atoms with Crippen molar-refractivity contribution in [2.24, 2.45) is 0 Å². The molecular weight excluding hydrogens is 778 g/mol. The number of amides is 1. The molecule has 1 N–H and O–H groups in total. The lowest BCUT2D eigenvalue weighted by molar-refractivity contribution is -0.907. The summed E-state index contributed by atoms with van der Waals surface area (Å²) < 4.78 is 78.2. The maximum Gasteiger partial charge on any atom is 0.491 e. The number of aromatic nitrogens is 2. The first kappa shape index (κ1) is 41.0. The Hall–Kier alpha value is -4.18. The first-order chi connectivity index (χ1) is 25.3. The first-order valence-corrected chi connectivity index (χ1v) is 18.3. The molecule has 0 saturated carbocycles. The number of nitrogens with one attached hydrogen (secondary N) is 1. The van der Waals surface area contributed by atoms with E-state index in [2.05, 4.69) is 15.0 Å². The number of ether oxygens (including phenoxy) is 2. The van der Waals surface area contributed by atoms with Gasteiger partial charge in [0, 0.05) is 51.9 Å². The third-order valence-electron chi connectivity index (χ3n) is 9.40. The summed E-state index contributed by atoms with van der Waals surface area (Å²) in [4.78, 5) is 40.7. The maximum absolute atomic E-state index is 15.6. The zero-order valence-corrected chi connectivity index (χ0v) is 31.9. The van der Waals surface area contributed by atoms with Crippen molar-refractivity contribution in [1.82, 2.24) is 14.9 Å². The van der Waals surface area contributed by atoms with Gasteiger partial charge < -0.3 is 19.3 Å². The number of carbonyl (C=O) groups excluding carboxylic acids is 3. The summed E-state index contributed by atoms with van der Waals surface area (Å²) in [7, 11) is 3.16. The summed E-state index contributed by atoms with van der Waals surface area (Å²) >= 11 is 14.0. The van der Waals surface area contributed by atoms with Gasteiger partial charge in [-0.25, -0.2) is 23.4 Å². The van der Waals surface area contributed by atoms with Crippen molar-refractivity contribution in [3.63, 3.8) is 0 Å². The second-order valence-electron chi connectivity index (χ2n) is 13.7. The molecule has 0 spiro atoms. The number of imidazole rings is 1. The van der Waals surface area contributed by atoms with E-state index in [1.165, 1.54) is 37.1 Å². The van der Waals surface area contributed by atoms with E-state index in [4.69, 9.17) is 27.9 Å². The monoisotopic (exact) mass is 813 g/mol. The standard InChI is InChI=1S/C37H35Cl2F5N4O5S/c1-36(2,22-5-10-27(38)30(17-22)52-4)31-18-45-35(47(31)25-8-6-23(40)7-9-25)54-20-26-28(39)15-21(16-29(26)41)33(50)46-24-11-13-48(3,14-12-24)19-32(49)53-34(51)37(42,43)44/h5-10,15-18,24H,11-14,19-20H2,1-4H3/p+1. The van der Waals surface area contributed by atoms with Crippen molar-refractivity contribution in [3.8, 4) is 11.4 Å². The largest absolute Gasteiger partial charge is 0.495 e. The summed E-state index contributed by atoms with van der Waals surface area (Å²) in [5.41, 5.74) is 1.70. The Morgan fingerprint density at radius 3 is 2.28 bits per heavy atom. The fraction of sp³-hybridized carbons (Fsp3) is 0.351. The van der Waals surface area contributed by atoms with Crippen LogP contribution in [0.15, 0.2) is 66.0 Å². The van der Waals surface area contributed by atoms with Crippen LogP contribution >= 0.6 is 35.0 Å². The molecule has 4 aromatic rings. The molecule has 2 heterocycles. The summed E-state index contributed by atoms with van der Waals surface area (Å²) in [5, 5.41) is 3.77. The number of carbonyl (C=O) groups is 3. The minimum atomic E-state index is -5.28. The van der Waals surface area contributed by atoms with Crippen molar-refractivity contribution in [3.05, 3.63) is 105 Å². The molecule has 54 heavy (non-hydrogen) atoms. The molecule has 1 amide bonds. The molecule has 1 aromatic heterocycles. The van der Waals surface area contributed by atoms with E-state index in [0.717, 1.165) is 17.3 Å². The van der Waals surface area contributed by atoms with Gasteiger partial charge in [0.15, 0.2) is 11.7 Å². The molecule has 1 aliphatic rings. The molecule has 0 unspecified atom stereocenters. The van der Waals surface area contributed by atoms with Crippen LogP contribution in [0.1, 0.15) is 53.9 Å². The predicted molar refractivity (Wildman–Crippen MR) is 193 cm³/mol. The van der Waals surface area contributed by atoms with Gasteiger partial charge in [0.2, 0.25) is 0 Å². The molecule has 5 rings (SSSR count). The Morgan fingerprint density at radius 2 is 1.67 bits per heavy atom. The molecule has 0 atom stereocenters. The van der Waals surface area contributed by atoms with Gasteiger partial charge in [-0.3, -0.25) is 9.36 Å². The molecule has 3 aromatic carbocycles. The Morgan fingerprint density at radius 1 is 1.00 bits per heavy atom. The second-order valence-corrected chi connectivity index (χ2v) is 15.4. The highest BCUT2D eigenvalue weighted by Crippen LogP contribution is 2.40. The number of thioether (sulfide) groups is 1. The summed E-state index contributed by atoms with van der Waals surface area (Å²) in [5.74, 6) is -5.05. The van der Waals surface area contributed by atoms with E-state index in [0.29, 0.717) is 47.5 Å². The van der Waals surface area contributed by atoms with E-state index in [1.807, 2.05) is 30.5 Å². The average Bonchev–Trinajstić information content (AvgIpc) is 3.53. The number of hydrogen-bond acceptors (Lipinski definition) is 7. The van der Waals surface area contributed by atoms with Gasteiger partial charge in [0.05, 0.1) is 44.2 Å². The number of piperidine rings is 1. The molecule has 9 nitrogen and oxygen atoms in total. The maximum atomic E-state index is 15.6. The van der Waals surface area contributed by atoms with Crippen molar-refractivity contribution in [2.45, 2.75) is 55.2 Å². The van der Waals surface area contributed by atoms with Crippen LogP contribution in [0, 0.1) is 11.6 Å². The fourth-order valence-electron chi connectivity index (χ4n) is 6.19. The molecule has 17 heteroatoms. The number of halogens is 7. The van der Waals surface area contributed by atoms with Crippen molar-refractivity contribution in [1.29, 1.82) is 0 Å². The Bertz CT molecular complexity index is 2030. The lowest BCUT2D eigenvalue weighted by Gasteiger charge is -2.39. The number of esters is 2. The molecule has 288 valence electrons. The molecule has 1 aliphatic heterocycles. The van der Waals surface area contributed by atoms with Crippen LogP contribution in [-0.2, 0) is 25.5 Å². The zero-order valence-electron chi connectivity index (χ0n) is 29.5. The number of benzene rings is 3. The average molecular weight is 815 g/mol. The van der Waals surface area contributed by atoms with E-state index < -0.39 is 47.6 Å². The second kappa shape index (κ2) is 16.3. The van der Waals surface area contributed by atoms with Gasteiger partial charge in [0.25, 0.3) is 5.91 Å². The molecule has 1 saturated heterocycles. The summed E-state index contributed by atoms with van der Waals surface area (Å²) in [6.07, 6.45) is -2.86. The highest BCUT2D eigenvalue weighted by Gasteiger charge is 2.44. The molecule has 1 fully saturated rings. The smallest absolute Gasteiger partial charge is 0.491 e. The van der Waals surface area contributed by atoms with Gasteiger partial charge in [-0.1, -0.05) is 54.9 Å². The van der Waals surface area contributed by atoms with E-state index in [1.54, 1.807) is 31.4 Å². The van der Waals surface area contributed by atoms with Gasteiger partial charge in [0.1, 0.15) is 17.4 Å². The molecule has 0 aliphatic carbocycles. The van der Waals surface area contributed by atoms with Gasteiger partial charge in [-0.05, 0) is 54.1 Å². The van der Waals surface area contributed by atoms with Crippen LogP contribution < -0.4 is 10.1 Å². The minimum Gasteiger partial charge on any atom is -0.495 e. The number of likely N-dealkylation sites (tertiary alicyclic amines) is 1. The van der Waals surface area contributed by atoms with Crippen LogP contribution in [0.4, 0.5) is 22.0 Å². The topological polar surface area (TPSA) is 99.5 Å². The predicted octanol–water partition coefficient (Wildman–Crippen LogP) is 8.06. The lowest BCUT2D eigenvalue weighted by atomic mass is 9.81. The number of likely N-dealkylation sites (N-methyl/N-ethyl adjacent to an activating group) is 1. The number of quaternary nitrogens is 1. The Labute approximate surface area is 322 Å². The first-order valence-electron chi connectivity index (χ1n) is 16.6. The van der Waals surface area contributed by atoms with Gasteiger partial charge in [-0.15, -0.1) is 0 Å². The minimum absolute atomic E-state index is 0.0113. The zero-order chi connectivity index (χ0) is 39.6. The van der Waals surface area contributed by atoms with Crippen molar-refractivity contribution < 1.29 is 50.3 Å². The van der Waals surface area contributed by atoms with Crippen molar-refractivity contribution in [2.75, 3.05) is 33.8 Å². The lowest BCUT2D eigenvalue weighted by Crippen LogP contribution is -2.56. The van der Waals surface area contributed by atoms with Crippen LogP contribution in [0.2, 0.25) is 10.0 Å².